The molecule has 1 saturated heterocycles. The number of carbonyl (C=O) groups is 2. The van der Waals surface area contributed by atoms with Gasteiger partial charge in [-0.3, -0.25) is 4.79 Å². The lowest BCUT2D eigenvalue weighted by Gasteiger charge is -2.34. The van der Waals surface area contributed by atoms with E-state index in [9.17, 15) is 9.59 Å². The summed E-state index contributed by atoms with van der Waals surface area (Å²) in [5.74, 6) is -0.0444. The number of nitrogen functional groups attached to an aromatic ring is 1. The van der Waals surface area contributed by atoms with Crippen LogP contribution in [0.1, 0.15) is 24.3 Å². The van der Waals surface area contributed by atoms with Crippen LogP contribution < -0.4 is 5.73 Å². The maximum atomic E-state index is 12.5. The Morgan fingerprint density at radius 2 is 1.81 bits per heavy atom. The van der Waals surface area contributed by atoms with Crippen LogP contribution in [0.3, 0.4) is 0 Å². The van der Waals surface area contributed by atoms with Crippen molar-refractivity contribution in [3.63, 3.8) is 0 Å². The van der Waals surface area contributed by atoms with Gasteiger partial charge in [0, 0.05) is 38.9 Å². The molecule has 116 valence electrons. The average Bonchev–Trinajstić information content (AvgIpc) is 2.88. The molecule has 2 heterocycles. The molecule has 0 bridgehead atoms. The minimum Gasteiger partial charge on any atom is -0.450 e. The molecule has 1 aromatic heterocycles. The van der Waals surface area contributed by atoms with E-state index in [1.807, 2.05) is 11.5 Å². The molecule has 1 fully saturated rings. The zero-order valence-corrected chi connectivity index (χ0v) is 12.5. The van der Waals surface area contributed by atoms with Crippen molar-refractivity contribution in [2.75, 3.05) is 38.5 Å². The fourth-order valence-electron chi connectivity index (χ4n) is 2.44. The largest absolute Gasteiger partial charge is 0.450 e. The first-order valence-electron chi connectivity index (χ1n) is 7.23. The number of aryl methyl sites for hydroxylation is 1. The second kappa shape index (κ2) is 6.51. The quantitative estimate of drug-likeness (QED) is 0.902. The minimum atomic E-state index is -0.314. The highest BCUT2D eigenvalue weighted by molar-refractivity contribution is 5.94. The highest BCUT2D eigenvalue weighted by Gasteiger charge is 2.26. The number of nitrogens with two attached hydrogens (primary N) is 1. The zero-order chi connectivity index (χ0) is 15.4. The van der Waals surface area contributed by atoms with Gasteiger partial charge in [-0.2, -0.15) is 0 Å². The Balaban J connectivity index is 1.98. The van der Waals surface area contributed by atoms with Crippen LogP contribution in [0.2, 0.25) is 0 Å². The van der Waals surface area contributed by atoms with E-state index in [0.717, 1.165) is 0 Å². The van der Waals surface area contributed by atoms with Crippen molar-refractivity contribution in [2.45, 2.75) is 20.4 Å². The van der Waals surface area contributed by atoms with Crippen LogP contribution in [0.4, 0.5) is 10.5 Å². The molecule has 2 amide bonds. The van der Waals surface area contributed by atoms with Crippen LogP contribution in [0.5, 0.6) is 0 Å². The van der Waals surface area contributed by atoms with E-state index in [2.05, 4.69) is 0 Å². The van der Waals surface area contributed by atoms with Crippen molar-refractivity contribution < 1.29 is 14.3 Å². The molecule has 21 heavy (non-hydrogen) atoms. The van der Waals surface area contributed by atoms with Gasteiger partial charge in [0.15, 0.2) is 0 Å². The Hall–Kier alpha value is -2.18. The Morgan fingerprint density at radius 3 is 2.38 bits per heavy atom. The summed E-state index contributed by atoms with van der Waals surface area (Å²) in [7, 11) is 0. The molecular formula is C14H22N4O3. The van der Waals surface area contributed by atoms with Gasteiger partial charge in [-0.15, -0.1) is 0 Å². The molecule has 0 aliphatic carbocycles. The highest BCUT2D eigenvalue weighted by atomic mass is 16.6. The first kappa shape index (κ1) is 15.2. The molecule has 1 aromatic rings. The Bertz CT molecular complexity index is 518. The summed E-state index contributed by atoms with van der Waals surface area (Å²) >= 11 is 0. The molecule has 2 N–H and O–H groups in total. The van der Waals surface area contributed by atoms with Crippen molar-refractivity contribution in [3.05, 3.63) is 18.0 Å². The molecular weight excluding hydrogens is 272 g/mol. The van der Waals surface area contributed by atoms with Crippen LogP contribution >= 0.6 is 0 Å². The number of nitrogens with zero attached hydrogens (tertiary/aromatic N) is 3. The van der Waals surface area contributed by atoms with Crippen LogP contribution in [0, 0.1) is 0 Å². The molecule has 0 spiro atoms. The van der Waals surface area contributed by atoms with Crippen molar-refractivity contribution in [2.24, 2.45) is 0 Å². The number of piperazine rings is 1. The van der Waals surface area contributed by atoms with Gasteiger partial charge in [-0.05, 0) is 19.9 Å². The molecule has 7 nitrogen and oxygen atoms in total. The van der Waals surface area contributed by atoms with E-state index >= 15 is 0 Å². The van der Waals surface area contributed by atoms with E-state index in [4.69, 9.17) is 10.5 Å². The van der Waals surface area contributed by atoms with Crippen LogP contribution in [-0.2, 0) is 11.3 Å². The van der Waals surface area contributed by atoms with Gasteiger partial charge in [0.25, 0.3) is 5.91 Å². The lowest BCUT2D eigenvalue weighted by molar-refractivity contribution is 0.0562. The van der Waals surface area contributed by atoms with E-state index in [1.54, 1.807) is 29.0 Å². The molecule has 0 radical (unpaired) electrons. The van der Waals surface area contributed by atoms with E-state index < -0.39 is 0 Å². The van der Waals surface area contributed by atoms with Crippen molar-refractivity contribution in [3.8, 4) is 0 Å². The second-order valence-corrected chi connectivity index (χ2v) is 4.92. The van der Waals surface area contributed by atoms with Gasteiger partial charge in [0.1, 0.15) is 5.69 Å². The molecule has 0 aromatic carbocycles. The Morgan fingerprint density at radius 1 is 1.19 bits per heavy atom. The van der Waals surface area contributed by atoms with Gasteiger partial charge in [-0.25, -0.2) is 4.79 Å². The van der Waals surface area contributed by atoms with Gasteiger partial charge < -0.3 is 24.8 Å². The predicted molar refractivity (Wildman–Crippen MR) is 79.0 cm³/mol. The Kier molecular flexibility index (Phi) is 4.72. The summed E-state index contributed by atoms with van der Waals surface area (Å²) in [4.78, 5) is 27.5. The third-order valence-corrected chi connectivity index (χ3v) is 3.57. The van der Waals surface area contributed by atoms with Gasteiger partial charge in [-0.1, -0.05) is 0 Å². The summed E-state index contributed by atoms with van der Waals surface area (Å²) in [6, 6.07) is 1.70. The van der Waals surface area contributed by atoms with Gasteiger partial charge >= 0.3 is 6.09 Å². The van der Waals surface area contributed by atoms with E-state index in [0.29, 0.717) is 50.7 Å². The fraction of sp³-hybridized carbons (Fsp3) is 0.571. The smallest absolute Gasteiger partial charge is 0.409 e. The van der Waals surface area contributed by atoms with Gasteiger partial charge in [0.05, 0.1) is 12.3 Å². The molecule has 0 saturated carbocycles. The summed E-state index contributed by atoms with van der Waals surface area (Å²) in [6.45, 7) is 6.80. The molecule has 1 aliphatic rings. The number of hydrogen-bond donors (Lipinski definition) is 1. The minimum absolute atomic E-state index is 0.0444. The van der Waals surface area contributed by atoms with Crippen molar-refractivity contribution in [1.82, 2.24) is 14.4 Å². The van der Waals surface area contributed by atoms with Crippen molar-refractivity contribution in [1.29, 1.82) is 0 Å². The molecule has 1 aliphatic heterocycles. The normalized spacial score (nSPS) is 15.1. The first-order valence-corrected chi connectivity index (χ1v) is 7.23. The highest BCUT2D eigenvalue weighted by Crippen LogP contribution is 2.15. The number of aromatic nitrogens is 1. The number of amides is 2. The summed E-state index contributed by atoms with van der Waals surface area (Å²) in [6.07, 6.45) is 1.45. The van der Waals surface area contributed by atoms with Crippen LogP contribution in [0.15, 0.2) is 12.3 Å². The number of hydrogen-bond acceptors (Lipinski definition) is 4. The molecule has 7 heteroatoms. The third kappa shape index (κ3) is 3.29. The van der Waals surface area contributed by atoms with Crippen LogP contribution in [0.25, 0.3) is 0 Å². The first-order chi connectivity index (χ1) is 10.1. The maximum absolute atomic E-state index is 12.5. The van der Waals surface area contributed by atoms with Gasteiger partial charge in [0.2, 0.25) is 0 Å². The number of carbonyl (C=O) groups excluding carboxylic acids is 2. The van der Waals surface area contributed by atoms with E-state index in [1.165, 1.54) is 0 Å². The number of ether oxygens (including phenoxy) is 1. The fourth-order valence-corrected chi connectivity index (χ4v) is 2.44. The topological polar surface area (TPSA) is 80.8 Å². The molecule has 2 rings (SSSR count). The van der Waals surface area contributed by atoms with E-state index in [-0.39, 0.29) is 12.0 Å². The van der Waals surface area contributed by atoms with Crippen molar-refractivity contribution >= 4 is 17.7 Å². The zero-order valence-electron chi connectivity index (χ0n) is 12.5. The molecule has 0 atom stereocenters. The summed E-state index contributed by atoms with van der Waals surface area (Å²) < 4.78 is 6.81. The molecule has 0 unspecified atom stereocenters. The summed E-state index contributed by atoms with van der Waals surface area (Å²) in [5, 5.41) is 0. The second-order valence-electron chi connectivity index (χ2n) is 4.92. The van der Waals surface area contributed by atoms with Crippen LogP contribution in [-0.4, -0.2) is 59.2 Å². The third-order valence-electron chi connectivity index (χ3n) is 3.57. The maximum Gasteiger partial charge on any atom is 0.409 e. The SMILES string of the molecule is CCOC(=O)N1CCN(C(=O)c2cc(N)cn2CC)CC1. The number of rotatable bonds is 3. The standard InChI is InChI=1S/C14H22N4O3/c1-3-16-10-11(15)9-12(16)13(19)17-5-7-18(8-6-17)14(20)21-4-2/h9-10H,3-8,15H2,1-2H3. The Labute approximate surface area is 124 Å². The predicted octanol–water partition coefficient (Wildman–Crippen LogP) is 1.00. The number of anilines is 1. The summed E-state index contributed by atoms with van der Waals surface area (Å²) in [5.41, 5.74) is 6.94. The lowest BCUT2D eigenvalue weighted by Crippen LogP contribution is -2.51. The monoisotopic (exact) mass is 294 g/mol. The average molecular weight is 294 g/mol. The lowest BCUT2D eigenvalue weighted by atomic mass is 10.3.